The molecule has 19 heavy (non-hydrogen) atoms. The monoisotopic (exact) mass is 261 g/mol. The predicted molar refractivity (Wildman–Crippen MR) is 78.9 cm³/mol. The Labute approximate surface area is 117 Å². The van der Waals surface area contributed by atoms with Crippen LogP contribution in [0.4, 0.5) is 0 Å². The summed E-state index contributed by atoms with van der Waals surface area (Å²) in [5, 5.41) is 10.2. The van der Waals surface area contributed by atoms with Crippen molar-refractivity contribution in [2.45, 2.75) is 59.0 Å². The van der Waals surface area contributed by atoms with Gasteiger partial charge in [0, 0.05) is 12.4 Å². The highest BCUT2D eigenvalue weighted by Crippen LogP contribution is 2.41. The van der Waals surface area contributed by atoms with Crippen LogP contribution in [0.2, 0.25) is 0 Å². The topological polar surface area (TPSA) is 33.1 Å². The van der Waals surface area contributed by atoms with E-state index in [0.29, 0.717) is 11.3 Å². The van der Waals surface area contributed by atoms with Crippen LogP contribution < -0.4 is 0 Å². The number of aliphatic hydroxyl groups is 1. The SMILES string of the molecule is CC(C)(C)C1CCC(O)C(CCc2ccncc2)C1. The standard InChI is InChI=1S/C17H27NO/c1-17(2,3)15-6-7-16(19)14(12-15)5-4-13-8-10-18-11-9-13/h8-11,14-16,19H,4-7,12H2,1-3H3. The Bertz CT molecular complexity index is 382. The van der Waals surface area contributed by atoms with E-state index in [0.717, 1.165) is 25.2 Å². The van der Waals surface area contributed by atoms with E-state index in [2.05, 4.69) is 37.9 Å². The van der Waals surface area contributed by atoms with Crippen molar-refractivity contribution >= 4 is 0 Å². The van der Waals surface area contributed by atoms with Crippen LogP contribution in [0, 0.1) is 17.3 Å². The molecule has 0 aliphatic heterocycles. The molecule has 1 aromatic rings. The van der Waals surface area contributed by atoms with E-state index in [1.165, 1.54) is 18.4 Å². The molecular formula is C17H27NO. The van der Waals surface area contributed by atoms with E-state index in [9.17, 15) is 5.11 Å². The molecule has 1 fully saturated rings. The molecular weight excluding hydrogens is 234 g/mol. The molecule has 0 radical (unpaired) electrons. The minimum Gasteiger partial charge on any atom is -0.393 e. The molecule has 3 unspecified atom stereocenters. The zero-order valence-corrected chi connectivity index (χ0v) is 12.5. The lowest BCUT2D eigenvalue weighted by atomic mass is 9.67. The zero-order chi connectivity index (χ0) is 13.9. The van der Waals surface area contributed by atoms with Gasteiger partial charge in [-0.05, 0) is 67.1 Å². The van der Waals surface area contributed by atoms with Gasteiger partial charge in [0.2, 0.25) is 0 Å². The molecule has 2 nitrogen and oxygen atoms in total. The minimum atomic E-state index is -0.0968. The molecule has 1 aromatic heterocycles. The summed E-state index contributed by atoms with van der Waals surface area (Å²) in [6.45, 7) is 6.99. The van der Waals surface area contributed by atoms with E-state index in [1.807, 2.05) is 12.4 Å². The number of aryl methyl sites for hydroxylation is 1. The van der Waals surface area contributed by atoms with E-state index in [1.54, 1.807) is 0 Å². The number of aliphatic hydroxyl groups excluding tert-OH is 1. The van der Waals surface area contributed by atoms with Gasteiger partial charge in [-0.25, -0.2) is 0 Å². The third-order valence-electron chi connectivity index (χ3n) is 4.72. The Hall–Kier alpha value is -0.890. The lowest BCUT2D eigenvalue weighted by Gasteiger charge is -2.40. The van der Waals surface area contributed by atoms with Crippen LogP contribution >= 0.6 is 0 Å². The third kappa shape index (κ3) is 4.04. The molecule has 106 valence electrons. The van der Waals surface area contributed by atoms with Crippen molar-refractivity contribution in [2.75, 3.05) is 0 Å². The van der Waals surface area contributed by atoms with Crippen molar-refractivity contribution in [3.05, 3.63) is 30.1 Å². The summed E-state index contributed by atoms with van der Waals surface area (Å²) in [4.78, 5) is 4.05. The first-order valence-electron chi connectivity index (χ1n) is 7.54. The van der Waals surface area contributed by atoms with Crippen LogP contribution in [0.15, 0.2) is 24.5 Å². The van der Waals surface area contributed by atoms with E-state index in [4.69, 9.17) is 0 Å². The van der Waals surface area contributed by atoms with Gasteiger partial charge in [-0.15, -0.1) is 0 Å². The average Bonchev–Trinajstić information content (AvgIpc) is 2.37. The molecule has 1 N–H and O–H groups in total. The zero-order valence-electron chi connectivity index (χ0n) is 12.5. The summed E-state index contributed by atoms with van der Waals surface area (Å²) in [6, 6.07) is 4.16. The van der Waals surface area contributed by atoms with Gasteiger partial charge in [-0.1, -0.05) is 20.8 Å². The summed E-state index contributed by atoms with van der Waals surface area (Å²) in [6.07, 6.45) is 9.09. The molecule has 0 spiro atoms. The molecule has 3 atom stereocenters. The predicted octanol–water partition coefficient (Wildman–Crippen LogP) is 3.84. The molecule has 0 saturated heterocycles. The highest BCUT2D eigenvalue weighted by atomic mass is 16.3. The van der Waals surface area contributed by atoms with Crippen LogP contribution in [0.25, 0.3) is 0 Å². The Balaban J connectivity index is 1.91. The maximum atomic E-state index is 10.2. The summed E-state index contributed by atoms with van der Waals surface area (Å²) in [7, 11) is 0. The van der Waals surface area contributed by atoms with Gasteiger partial charge in [-0.3, -0.25) is 4.98 Å². The fourth-order valence-corrected chi connectivity index (χ4v) is 3.25. The number of aromatic nitrogens is 1. The second kappa shape index (κ2) is 6.04. The highest BCUT2D eigenvalue weighted by Gasteiger charge is 2.34. The van der Waals surface area contributed by atoms with Gasteiger partial charge in [-0.2, -0.15) is 0 Å². The van der Waals surface area contributed by atoms with Gasteiger partial charge in [0.1, 0.15) is 0 Å². The van der Waals surface area contributed by atoms with Crippen molar-refractivity contribution < 1.29 is 5.11 Å². The van der Waals surface area contributed by atoms with Gasteiger partial charge >= 0.3 is 0 Å². The Morgan fingerprint density at radius 3 is 2.53 bits per heavy atom. The van der Waals surface area contributed by atoms with E-state index < -0.39 is 0 Å². The fraction of sp³-hybridized carbons (Fsp3) is 0.706. The largest absolute Gasteiger partial charge is 0.393 e. The molecule has 0 amide bonds. The second-order valence-corrected chi connectivity index (χ2v) is 7.10. The molecule has 1 heterocycles. The molecule has 2 heteroatoms. The lowest BCUT2D eigenvalue weighted by Crippen LogP contribution is -2.34. The lowest BCUT2D eigenvalue weighted by molar-refractivity contribution is 0.0160. The smallest absolute Gasteiger partial charge is 0.0568 e. The number of pyridine rings is 1. The van der Waals surface area contributed by atoms with Crippen LogP contribution in [0.1, 0.15) is 52.0 Å². The van der Waals surface area contributed by atoms with Crippen molar-refractivity contribution in [3.63, 3.8) is 0 Å². The molecule has 0 bridgehead atoms. The normalized spacial score (nSPS) is 28.3. The van der Waals surface area contributed by atoms with Crippen LogP contribution in [0.3, 0.4) is 0 Å². The first kappa shape index (κ1) is 14.5. The van der Waals surface area contributed by atoms with Crippen molar-refractivity contribution in [2.24, 2.45) is 17.3 Å². The van der Waals surface area contributed by atoms with Gasteiger partial charge in [0.15, 0.2) is 0 Å². The van der Waals surface area contributed by atoms with Crippen molar-refractivity contribution in [1.82, 2.24) is 4.98 Å². The van der Waals surface area contributed by atoms with Crippen LogP contribution in [0.5, 0.6) is 0 Å². The second-order valence-electron chi connectivity index (χ2n) is 7.10. The summed E-state index contributed by atoms with van der Waals surface area (Å²) in [5.74, 6) is 1.21. The minimum absolute atomic E-state index is 0.0968. The first-order valence-corrected chi connectivity index (χ1v) is 7.54. The van der Waals surface area contributed by atoms with E-state index >= 15 is 0 Å². The summed E-state index contributed by atoms with van der Waals surface area (Å²) >= 11 is 0. The summed E-state index contributed by atoms with van der Waals surface area (Å²) in [5.41, 5.74) is 1.70. The molecule has 1 aliphatic rings. The Kier molecular flexibility index (Phi) is 4.62. The summed E-state index contributed by atoms with van der Waals surface area (Å²) < 4.78 is 0. The quantitative estimate of drug-likeness (QED) is 0.897. The van der Waals surface area contributed by atoms with Crippen LogP contribution in [-0.2, 0) is 6.42 Å². The van der Waals surface area contributed by atoms with Gasteiger partial charge in [0.05, 0.1) is 6.10 Å². The highest BCUT2D eigenvalue weighted by molar-refractivity contribution is 5.09. The maximum Gasteiger partial charge on any atom is 0.0568 e. The molecule has 1 saturated carbocycles. The number of rotatable bonds is 3. The number of hydrogen-bond acceptors (Lipinski definition) is 2. The number of nitrogens with zero attached hydrogens (tertiary/aromatic N) is 1. The molecule has 0 aromatic carbocycles. The third-order valence-corrected chi connectivity index (χ3v) is 4.72. The van der Waals surface area contributed by atoms with Crippen molar-refractivity contribution in [1.29, 1.82) is 0 Å². The van der Waals surface area contributed by atoms with Crippen molar-refractivity contribution in [3.8, 4) is 0 Å². The number of hydrogen-bond donors (Lipinski definition) is 1. The molecule has 1 aliphatic carbocycles. The van der Waals surface area contributed by atoms with Gasteiger partial charge < -0.3 is 5.11 Å². The fourth-order valence-electron chi connectivity index (χ4n) is 3.25. The van der Waals surface area contributed by atoms with E-state index in [-0.39, 0.29) is 6.10 Å². The Morgan fingerprint density at radius 2 is 1.89 bits per heavy atom. The average molecular weight is 261 g/mol. The van der Waals surface area contributed by atoms with Crippen LogP contribution in [-0.4, -0.2) is 16.2 Å². The molecule has 2 rings (SSSR count). The maximum absolute atomic E-state index is 10.2. The van der Waals surface area contributed by atoms with Gasteiger partial charge in [0.25, 0.3) is 0 Å². The first-order chi connectivity index (χ1) is 8.97. The Morgan fingerprint density at radius 1 is 1.21 bits per heavy atom.